The van der Waals surface area contributed by atoms with E-state index in [1.54, 1.807) is 31.3 Å². The molecule has 28 heavy (non-hydrogen) atoms. The van der Waals surface area contributed by atoms with Crippen LogP contribution in [-0.4, -0.2) is 36.8 Å². The number of hydrogen-bond acceptors (Lipinski definition) is 5. The highest BCUT2D eigenvalue weighted by Gasteiger charge is 2.32. The summed E-state index contributed by atoms with van der Waals surface area (Å²) in [6.07, 6.45) is 1.60. The molecule has 152 valence electrons. The Morgan fingerprint density at radius 1 is 1.00 bits per heavy atom. The summed E-state index contributed by atoms with van der Waals surface area (Å²) in [5, 5.41) is 0. The Bertz CT molecular complexity index is 941. The first-order chi connectivity index (χ1) is 13.1. The first-order valence-electron chi connectivity index (χ1n) is 9.23. The summed E-state index contributed by atoms with van der Waals surface area (Å²) in [6.45, 7) is 11.0. The lowest BCUT2D eigenvalue weighted by Crippen LogP contribution is -2.37. The van der Waals surface area contributed by atoms with Gasteiger partial charge >= 0.3 is 5.97 Å². The number of pyridine rings is 1. The van der Waals surface area contributed by atoms with Crippen LogP contribution in [0.1, 0.15) is 40.4 Å². The van der Waals surface area contributed by atoms with Gasteiger partial charge in [-0.3, -0.25) is 9.78 Å². The van der Waals surface area contributed by atoms with Gasteiger partial charge < -0.3 is 4.74 Å². The van der Waals surface area contributed by atoms with Crippen LogP contribution in [0, 0.1) is 34.6 Å². The lowest BCUT2D eigenvalue weighted by Gasteiger charge is -2.25. The number of aromatic nitrogens is 1. The largest absolute Gasteiger partial charge is 0.465 e. The van der Waals surface area contributed by atoms with E-state index in [4.69, 9.17) is 4.74 Å². The zero-order valence-electron chi connectivity index (χ0n) is 17.4. The predicted molar refractivity (Wildman–Crippen MR) is 109 cm³/mol. The Morgan fingerprint density at radius 2 is 1.57 bits per heavy atom. The maximum atomic E-state index is 13.6. The lowest BCUT2D eigenvalue weighted by atomic mass is 9.95. The van der Waals surface area contributed by atoms with Crippen LogP contribution in [0.25, 0.3) is 0 Å². The average Bonchev–Trinajstić information content (AvgIpc) is 2.65. The number of carbonyl (C=O) groups excluding carboxylic acids is 1. The van der Waals surface area contributed by atoms with Crippen molar-refractivity contribution in [3.8, 4) is 0 Å². The Kier molecular flexibility index (Phi) is 6.96. The van der Waals surface area contributed by atoms with Crippen LogP contribution in [0.2, 0.25) is 0 Å². The summed E-state index contributed by atoms with van der Waals surface area (Å²) in [5.74, 6) is -0.585. The molecule has 0 amide bonds. The Morgan fingerprint density at radius 3 is 2.07 bits per heavy atom. The molecule has 2 rings (SSSR count). The molecule has 0 saturated heterocycles. The molecule has 0 saturated carbocycles. The number of hydrogen-bond donors (Lipinski definition) is 0. The molecule has 0 unspecified atom stereocenters. The van der Waals surface area contributed by atoms with Gasteiger partial charge in [0.15, 0.2) is 0 Å². The van der Waals surface area contributed by atoms with Crippen molar-refractivity contribution < 1.29 is 17.9 Å². The molecule has 1 heterocycles. The fraction of sp³-hybridized carbons (Fsp3) is 0.429. The molecule has 7 heteroatoms. The second kappa shape index (κ2) is 8.84. The van der Waals surface area contributed by atoms with Crippen molar-refractivity contribution in [2.45, 2.75) is 53.0 Å². The molecule has 0 aliphatic rings. The van der Waals surface area contributed by atoms with Crippen molar-refractivity contribution in [1.29, 1.82) is 0 Å². The molecule has 0 aliphatic heterocycles. The zero-order valence-corrected chi connectivity index (χ0v) is 18.2. The van der Waals surface area contributed by atoms with Gasteiger partial charge in [0.1, 0.15) is 6.54 Å². The fourth-order valence-electron chi connectivity index (χ4n) is 3.23. The maximum absolute atomic E-state index is 13.6. The molecule has 0 atom stereocenters. The molecule has 0 aliphatic carbocycles. The first kappa shape index (κ1) is 22.0. The van der Waals surface area contributed by atoms with Gasteiger partial charge in [-0.05, 0) is 81.5 Å². The second-order valence-electron chi connectivity index (χ2n) is 6.85. The van der Waals surface area contributed by atoms with Gasteiger partial charge in [-0.25, -0.2) is 8.42 Å². The molecular weight excluding hydrogens is 376 g/mol. The van der Waals surface area contributed by atoms with E-state index in [2.05, 4.69) is 4.98 Å². The Labute approximate surface area is 167 Å². The minimum absolute atomic E-state index is 0.00710. The lowest BCUT2D eigenvalue weighted by molar-refractivity contribution is -0.143. The molecule has 0 radical (unpaired) electrons. The smallest absolute Gasteiger partial charge is 0.321 e. The van der Waals surface area contributed by atoms with Gasteiger partial charge in [0, 0.05) is 6.20 Å². The normalized spacial score (nSPS) is 11.7. The quantitative estimate of drug-likeness (QED) is 0.661. The summed E-state index contributed by atoms with van der Waals surface area (Å²) in [6, 6.07) is 5.28. The molecule has 0 N–H and O–H groups in total. The van der Waals surface area contributed by atoms with Crippen LogP contribution < -0.4 is 0 Å². The highest BCUT2D eigenvalue weighted by Crippen LogP contribution is 2.32. The number of esters is 1. The summed E-state index contributed by atoms with van der Waals surface area (Å²) in [7, 11) is -3.94. The van der Waals surface area contributed by atoms with E-state index in [-0.39, 0.29) is 24.6 Å². The standard InChI is InChI=1S/C21H28N2O4S/c1-7-27-20(24)13-23(12-19-10-8-9-11-22-19)28(25,26)21-17(5)15(3)14(2)16(4)18(21)6/h8-11H,7,12-13H2,1-6H3. The van der Waals surface area contributed by atoms with Gasteiger partial charge in [-0.15, -0.1) is 0 Å². The molecular formula is C21H28N2O4S. The molecule has 2 aromatic rings. The van der Waals surface area contributed by atoms with Gasteiger partial charge in [0.25, 0.3) is 0 Å². The van der Waals surface area contributed by atoms with Crippen LogP contribution in [0.4, 0.5) is 0 Å². The number of benzene rings is 1. The number of ether oxygens (including phenoxy) is 1. The molecule has 1 aromatic carbocycles. The molecule has 1 aromatic heterocycles. The minimum atomic E-state index is -3.94. The molecule has 0 spiro atoms. The van der Waals surface area contributed by atoms with Crippen LogP contribution in [0.5, 0.6) is 0 Å². The van der Waals surface area contributed by atoms with E-state index in [1.165, 1.54) is 0 Å². The molecule has 0 bridgehead atoms. The van der Waals surface area contributed by atoms with E-state index in [9.17, 15) is 13.2 Å². The van der Waals surface area contributed by atoms with Crippen LogP contribution in [-0.2, 0) is 26.1 Å². The highest BCUT2D eigenvalue weighted by atomic mass is 32.2. The van der Waals surface area contributed by atoms with Crippen molar-refractivity contribution in [1.82, 2.24) is 9.29 Å². The Balaban J connectivity index is 2.59. The summed E-state index contributed by atoms with van der Waals surface area (Å²) >= 11 is 0. The van der Waals surface area contributed by atoms with E-state index >= 15 is 0 Å². The number of carbonyl (C=O) groups is 1. The molecule has 6 nitrogen and oxygen atoms in total. The average molecular weight is 405 g/mol. The van der Waals surface area contributed by atoms with E-state index < -0.39 is 16.0 Å². The number of nitrogens with zero attached hydrogens (tertiary/aromatic N) is 2. The van der Waals surface area contributed by atoms with Crippen molar-refractivity contribution in [2.24, 2.45) is 0 Å². The van der Waals surface area contributed by atoms with Gasteiger partial charge in [-0.2, -0.15) is 4.31 Å². The maximum Gasteiger partial charge on any atom is 0.321 e. The highest BCUT2D eigenvalue weighted by molar-refractivity contribution is 7.89. The third kappa shape index (κ3) is 4.42. The van der Waals surface area contributed by atoms with Gasteiger partial charge in [0.2, 0.25) is 10.0 Å². The fourth-order valence-corrected chi connectivity index (χ4v) is 5.15. The summed E-state index contributed by atoms with van der Waals surface area (Å²) in [5.41, 5.74) is 4.93. The SMILES string of the molecule is CCOC(=O)CN(Cc1ccccn1)S(=O)(=O)c1c(C)c(C)c(C)c(C)c1C. The van der Waals surface area contributed by atoms with Crippen LogP contribution in [0.15, 0.2) is 29.3 Å². The monoisotopic (exact) mass is 404 g/mol. The van der Waals surface area contributed by atoms with E-state index in [1.807, 2.05) is 34.6 Å². The third-order valence-corrected chi connectivity index (χ3v) is 7.27. The topological polar surface area (TPSA) is 76.6 Å². The third-order valence-electron chi connectivity index (χ3n) is 5.20. The second-order valence-corrected chi connectivity index (χ2v) is 8.73. The van der Waals surface area contributed by atoms with Gasteiger partial charge in [-0.1, -0.05) is 6.07 Å². The van der Waals surface area contributed by atoms with Gasteiger partial charge in [0.05, 0.1) is 23.7 Å². The Hall–Kier alpha value is -2.25. The molecule has 0 fully saturated rings. The van der Waals surface area contributed by atoms with Crippen molar-refractivity contribution in [3.63, 3.8) is 0 Å². The summed E-state index contributed by atoms with van der Waals surface area (Å²) < 4.78 is 33.4. The summed E-state index contributed by atoms with van der Waals surface area (Å²) in [4.78, 5) is 16.6. The van der Waals surface area contributed by atoms with Crippen molar-refractivity contribution >= 4 is 16.0 Å². The van der Waals surface area contributed by atoms with Crippen molar-refractivity contribution in [3.05, 3.63) is 57.9 Å². The van der Waals surface area contributed by atoms with Crippen LogP contribution >= 0.6 is 0 Å². The minimum Gasteiger partial charge on any atom is -0.465 e. The van der Waals surface area contributed by atoms with E-state index in [0.717, 1.165) is 21.0 Å². The number of sulfonamides is 1. The first-order valence-corrected chi connectivity index (χ1v) is 10.7. The predicted octanol–water partition coefficient (Wildman–Crippen LogP) is 3.38. The zero-order chi connectivity index (χ0) is 21.1. The van der Waals surface area contributed by atoms with E-state index in [0.29, 0.717) is 16.8 Å². The van der Waals surface area contributed by atoms with Crippen LogP contribution in [0.3, 0.4) is 0 Å². The van der Waals surface area contributed by atoms with Crippen molar-refractivity contribution in [2.75, 3.05) is 13.2 Å². The number of rotatable bonds is 7.